The first kappa shape index (κ1) is 82.1. The van der Waals surface area contributed by atoms with Crippen LogP contribution in [0.25, 0.3) is 43.8 Å². The van der Waals surface area contributed by atoms with Crippen molar-refractivity contribution in [2.24, 2.45) is 0 Å². The fraction of sp³-hybridized carbons (Fsp3) is 0.181. The summed E-state index contributed by atoms with van der Waals surface area (Å²) < 4.78 is 60.4. The highest BCUT2D eigenvalue weighted by Gasteiger charge is 2.50. The summed E-state index contributed by atoms with van der Waals surface area (Å²) in [6.07, 6.45) is 0. The molecule has 0 saturated heterocycles. The maximum absolute atomic E-state index is 15.1. The van der Waals surface area contributed by atoms with Crippen molar-refractivity contribution in [1.29, 1.82) is 0 Å². The summed E-state index contributed by atoms with van der Waals surface area (Å²) in [4.78, 5) is 0. The third-order valence-corrected chi connectivity index (χ3v) is 33.5. The minimum atomic E-state index is -3.54. The summed E-state index contributed by atoms with van der Waals surface area (Å²) in [7, 11) is -3.18. The van der Waals surface area contributed by atoms with E-state index < -0.39 is 23.7 Å². The first-order valence-corrected chi connectivity index (χ1v) is 47.0. The molecule has 0 saturated carbocycles. The van der Waals surface area contributed by atoms with Crippen LogP contribution in [0.2, 0.25) is 0 Å². The second-order valence-corrected chi connectivity index (χ2v) is 41.1. The van der Waals surface area contributed by atoms with Gasteiger partial charge in [0, 0.05) is 48.4 Å². The molecule has 0 bridgehead atoms. The van der Waals surface area contributed by atoms with E-state index in [-0.39, 0.29) is 6.73 Å². The molecule has 0 radical (unpaired) electrons. The lowest BCUT2D eigenvalue weighted by atomic mass is 9.90. The maximum Gasteiger partial charge on any atom is 0.332 e. The lowest BCUT2D eigenvalue weighted by molar-refractivity contribution is 0.123. The summed E-state index contributed by atoms with van der Waals surface area (Å²) in [6.45, 7) is 28.5. The zero-order valence-electron chi connectivity index (χ0n) is 70.9. The maximum atomic E-state index is 15.1. The molecular formula is C105H103N4O7P2SSi+. The van der Waals surface area contributed by atoms with E-state index in [1.165, 1.54) is 127 Å². The van der Waals surface area contributed by atoms with Crippen molar-refractivity contribution >= 4 is 112 Å². The van der Waals surface area contributed by atoms with E-state index in [0.717, 1.165) is 78.4 Å². The predicted octanol–water partition coefficient (Wildman–Crippen LogP) is 23.3. The number of quaternary nitrogens is 1. The van der Waals surface area contributed by atoms with E-state index in [2.05, 4.69) is 370 Å². The topological polar surface area (TPSA) is 82.2 Å². The van der Waals surface area contributed by atoms with Crippen LogP contribution in [-0.2, 0) is 15.6 Å². The Morgan fingerprint density at radius 1 is 0.425 bits per heavy atom. The molecule has 604 valence electrons. The smallest absolute Gasteiger partial charge is 0.332 e. The van der Waals surface area contributed by atoms with Crippen molar-refractivity contribution < 1.29 is 32.2 Å². The third-order valence-electron chi connectivity index (χ3n) is 23.5. The Hall–Kier alpha value is -11.6. The molecule has 19 rings (SSSR count). The van der Waals surface area contributed by atoms with Crippen LogP contribution in [0.3, 0.4) is 0 Å². The SMILES string of the molecule is COP1(=O)c2cc(C)cc([Si](c3ccccc3)(c3ccccc3)c3ccccc3)c2OCN1c1c(C)cccc1C.Cc1cc(-c2ccccc2)c2c(c1)P(C)N(c1c(C)cccc1C)CO2.Cc1cc(C)c2c(c1)C[N+](C)(c1ccccc1)CO2.Cc1cc2c(c(-c3c4ccccc4cc4ccccc34)c1)OCN(c1c(C)cccc1C)SO2. The average molecular weight is 1660 g/mol. The van der Waals surface area contributed by atoms with Crippen molar-refractivity contribution in [3.8, 4) is 51.0 Å². The van der Waals surface area contributed by atoms with Gasteiger partial charge in [-0.05, 0) is 235 Å². The van der Waals surface area contributed by atoms with Crippen LogP contribution in [0.15, 0.2) is 309 Å². The number of fused-ring (bicyclic) bond motifs is 6. The van der Waals surface area contributed by atoms with Crippen LogP contribution < -0.4 is 72.6 Å². The molecule has 15 aromatic rings. The highest BCUT2D eigenvalue weighted by molar-refractivity contribution is 7.96. The van der Waals surface area contributed by atoms with Crippen LogP contribution >= 0.6 is 27.8 Å². The molecule has 0 aromatic heterocycles. The first-order valence-electron chi connectivity index (χ1n) is 41.0. The molecule has 3 unspecified atom stereocenters. The fourth-order valence-corrected chi connectivity index (χ4v) is 28.1. The number of nitrogens with zero attached hydrogens (tertiary/aromatic N) is 4. The van der Waals surface area contributed by atoms with Crippen LogP contribution in [-0.4, -0.2) is 55.8 Å². The lowest BCUT2D eigenvalue weighted by Crippen LogP contribution is -2.75. The Morgan fingerprint density at radius 3 is 1.47 bits per heavy atom. The van der Waals surface area contributed by atoms with Crippen molar-refractivity contribution in [2.75, 3.05) is 61.4 Å². The predicted molar refractivity (Wildman–Crippen MR) is 509 cm³/mol. The number of hydrogen-bond acceptors (Lipinski definition) is 10. The molecule has 0 fully saturated rings. The molecule has 0 N–H and O–H groups in total. The van der Waals surface area contributed by atoms with Gasteiger partial charge in [-0.15, -0.1) is 0 Å². The number of anilines is 3. The number of rotatable bonds is 11. The van der Waals surface area contributed by atoms with Crippen LogP contribution in [0, 0.1) is 76.2 Å². The zero-order valence-corrected chi connectivity index (χ0v) is 74.5. The quantitative estimate of drug-likeness (QED) is 0.0236. The molecule has 0 aliphatic carbocycles. The molecule has 15 aromatic carbocycles. The van der Waals surface area contributed by atoms with Gasteiger partial charge in [0.05, 0.1) is 23.7 Å². The molecule has 3 atom stereocenters. The largest absolute Gasteiger partial charge is 0.472 e. The van der Waals surface area contributed by atoms with E-state index in [1.54, 1.807) is 7.11 Å². The van der Waals surface area contributed by atoms with Gasteiger partial charge in [0.25, 0.3) is 0 Å². The van der Waals surface area contributed by atoms with Crippen LogP contribution in [0.5, 0.6) is 28.7 Å². The Labute approximate surface area is 714 Å². The van der Waals surface area contributed by atoms with Crippen LogP contribution in [0.4, 0.5) is 22.7 Å². The van der Waals surface area contributed by atoms with Crippen molar-refractivity contribution in [2.45, 2.75) is 82.7 Å². The number of benzene rings is 15. The Bertz CT molecular complexity index is 6130. The zero-order chi connectivity index (χ0) is 83.6. The summed E-state index contributed by atoms with van der Waals surface area (Å²) in [5.41, 5.74) is 23.7. The van der Waals surface area contributed by atoms with Gasteiger partial charge >= 0.3 is 7.52 Å². The van der Waals surface area contributed by atoms with E-state index >= 15 is 4.57 Å². The number of aryl methyl sites for hydroxylation is 11. The van der Waals surface area contributed by atoms with E-state index in [0.29, 0.717) is 31.2 Å². The molecule has 0 spiro atoms. The first-order chi connectivity index (χ1) is 58.1. The summed E-state index contributed by atoms with van der Waals surface area (Å²) in [6, 6.07) is 109. The molecule has 4 aliphatic heterocycles. The molecule has 15 heteroatoms. The summed E-state index contributed by atoms with van der Waals surface area (Å²) in [5.74, 6) is 4.35. The fourth-order valence-electron chi connectivity index (χ4n) is 18.0. The highest BCUT2D eigenvalue weighted by Crippen LogP contribution is 2.57. The van der Waals surface area contributed by atoms with Gasteiger partial charge in [0.2, 0.25) is 6.73 Å². The second-order valence-electron chi connectivity index (χ2n) is 32.2. The Morgan fingerprint density at radius 2 is 0.900 bits per heavy atom. The molecule has 0 amide bonds. The van der Waals surface area contributed by atoms with E-state index in [4.69, 9.17) is 27.7 Å². The Balaban J connectivity index is 0.000000123. The van der Waals surface area contributed by atoms with Gasteiger partial charge < -0.3 is 32.3 Å². The van der Waals surface area contributed by atoms with Crippen molar-refractivity contribution in [3.63, 3.8) is 0 Å². The standard InChI is InChI=1S/C35H34NO3PSi.C30H25NO2S.C23H24NOP.C17H20NO/c1-26-23-32-35(39-25-36(40(32,37)38-4)34-27(2)15-14-16-28(34)3)33(24-26)41(29-17-8-5-9-18-29,30-19-10-6-11-20-30)31-21-12-7-13-22-31;1-19-15-26(28-24-13-6-4-11-22(24)17-23-12-5-7-14-25(23)28)30-27(16-19)33-34-31(18-32-30)29-20(2)9-8-10-21(29)3;1-16-13-20(19-11-6-5-7-12-19)23-21(14-16)26(4)24(15-25-23)22-17(2)9-8-10-18(22)3;1-13-9-14(2)17-15(10-13)11-18(3,12-19-17)16-7-5-4-6-8-16/h5-24H,25H2,1-4H3;4-17H,18H2,1-3H3;5-14H,15H2,1-4H3;4-10H,11-12H2,1-3H3/q;;;+1. The normalized spacial score (nSPS) is 16.4. The number of para-hydroxylation sites is 4. The van der Waals surface area contributed by atoms with E-state index in [9.17, 15) is 0 Å². The van der Waals surface area contributed by atoms with Gasteiger partial charge in [-0.25, -0.2) is 4.31 Å². The summed E-state index contributed by atoms with van der Waals surface area (Å²) in [5, 5.41) is 11.6. The van der Waals surface area contributed by atoms with E-state index in [1.807, 2.05) is 42.8 Å². The monoisotopic (exact) mass is 1650 g/mol. The van der Waals surface area contributed by atoms with Crippen LogP contribution in [0.1, 0.15) is 66.8 Å². The van der Waals surface area contributed by atoms with Gasteiger partial charge in [0.15, 0.2) is 52.0 Å². The van der Waals surface area contributed by atoms with Crippen molar-refractivity contribution in [1.82, 2.24) is 4.48 Å². The van der Waals surface area contributed by atoms with Crippen molar-refractivity contribution in [3.05, 3.63) is 376 Å². The molecule has 120 heavy (non-hydrogen) atoms. The molecule has 4 heterocycles. The molecule has 11 nitrogen and oxygen atoms in total. The molecule has 4 aliphatic rings. The van der Waals surface area contributed by atoms with Gasteiger partial charge in [-0.2, -0.15) is 0 Å². The summed E-state index contributed by atoms with van der Waals surface area (Å²) >= 11 is 1.34. The minimum Gasteiger partial charge on any atom is -0.472 e. The number of ether oxygens (including phenoxy) is 4. The minimum absolute atomic E-state index is 0.128. The van der Waals surface area contributed by atoms with Gasteiger partial charge in [0.1, 0.15) is 29.5 Å². The Kier molecular flexibility index (Phi) is 23.9. The lowest BCUT2D eigenvalue weighted by Gasteiger charge is -2.42. The van der Waals surface area contributed by atoms with Gasteiger partial charge in [-0.3, -0.25) is 13.7 Å². The third kappa shape index (κ3) is 15.9. The van der Waals surface area contributed by atoms with Gasteiger partial charge in [-0.1, -0.05) is 266 Å². The second kappa shape index (κ2) is 35.0. The average Bonchev–Trinajstić information content (AvgIpc) is 0.741. The highest BCUT2D eigenvalue weighted by atomic mass is 32.2. The number of hydrogen-bond donors (Lipinski definition) is 0. The molecular weight excluding hydrogens is 1550 g/mol.